The maximum Gasteiger partial charge on any atom is 0.251 e. The minimum atomic E-state index is -0.115. The molecule has 0 radical (unpaired) electrons. The van der Waals surface area contributed by atoms with Crippen molar-refractivity contribution >= 4 is 29.9 Å². The third-order valence-electron chi connectivity index (χ3n) is 3.89. The van der Waals surface area contributed by atoms with Crippen molar-refractivity contribution in [2.24, 2.45) is 11.7 Å². The van der Waals surface area contributed by atoms with Crippen LogP contribution < -0.4 is 16.0 Å². The van der Waals surface area contributed by atoms with Gasteiger partial charge in [-0.3, -0.25) is 9.59 Å². The van der Waals surface area contributed by atoms with Gasteiger partial charge in [0.05, 0.1) is 0 Å². The van der Waals surface area contributed by atoms with Gasteiger partial charge in [-0.05, 0) is 43.0 Å². The number of rotatable bonds is 6. The van der Waals surface area contributed by atoms with Gasteiger partial charge in [0.1, 0.15) is 0 Å². The van der Waals surface area contributed by atoms with Gasteiger partial charge in [-0.2, -0.15) is 0 Å². The number of nitrogens with one attached hydrogen (secondary N) is 1. The van der Waals surface area contributed by atoms with Crippen LogP contribution in [0.3, 0.4) is 0 Å². The second kappa shape index (κ2) is 8.89. The molecule has 23 heavy (non-hydrogen) atoms. The first kappa shape index (κ1) is 19.5. The SMILES string of the molecule is CC(C)CC(CN)NC(=O)c1ccc(N2CCCC2=O)cc1.Cl. The Bertz CT molecular complexity index is 531. The Kier molecular flexibility index (Phi) is 7.52. The van der Waals surface area contributed by atoms with Crippen LogP contribution in [0.25, 0.3) is 0 Å². The summed E-state index contributed by atoms with van der Waals surface area (Å²) in [7, 11) is 0. The highest BCUT2D eigenvalue weighted by molar-refractivity contribution is 5.97. The fourth-order valence-corrected chi connectivity index (χ4v) is 2.77. The number of benzene rings is 1. The summed E-state index contributed by atoms with van der Waals surface area (Å²) in [6.45, 7) is 5.41. The van der Waals surface area contributed by atoms with Crippen LogP contribution in [0.1, 0.15) is 43.5 Å². The Morgan fingerprint density at radius 3 is 2.43 bits per heavy atom. The number of amides is 2. The van der Waals surface area contributed by atoms with Crippen molar-refractivity contribution in [1.29, 1.82) is 0 Å². The van der Waals surface area contributed by atoms with Crippen LogP contribution in [-0.2, 0) is 4.79 Å². The minimum Gasteiger partial charge on any atom is -0.348 e. The zero-order valence-corrected chi connectivity index (χ0v) is 14.6. The van der Waals surface area contributed by atoms with E-state index in [4.69, 9.17) is 5.73 Å². The van der Waals surface area contributed by atoms with Crippen LogP contribution in [0.15, 0.2) is 24.3 Å². The van der Waals surface area contributed by atoms with Gasteiger partial charge >= 0.3 is 0 Å². The van der Waals surface area contributed by atoms with Crippen LogP contribution in [-0.4, -0.2) is 30.9 Å². The fourth-order valence-electron chi connectivity index (χ4n) is 2.77. The molecule has 1 fully saturated rings. The predicted octanol–water partition coefficient (Wildman–Crippen LogP) is 2.34. The van der Waals surface area contributed by atoms with E-state index in [1.54, 1.807) is 17.0 Å². The van der Waals surface area contributed by atoms with Crippen LogP contribution >= 0.6 is 12.4 Å². The molecule has 1 aliphatic heterocycles. The maximum absolute atomic E-state index is 12.2. The van der Waals surface area contributed by atoms with Gasteiger partial charge in [0.2, 0.25) is 5.91 Å². The Morgan fingerprint density at radius 1 is 1.30 bits per heavy atom. The zero-order valence-electron chi connectivity index (χ0n) is 13.7. The van der Waals surface area contributed by atoms with E-state index in [1.165, 1.54) is 0 Å². The molecule has 0 saturated carbocycles. The van der Waals surface area contributed by atoms with E-state index in [1.807, 2.05) is 12.1 Å². The summed E-state index contributed by atoms with van der Waals surface area (Å²) in [6, 6.07) is 7.18. The molecule has 128 valence electrons. The van der Waals surface area contributed by atoms with Crippen LogP contribution in [0.2, 0.25) is 0 Å². The molecule has 6 heteroatoms. The molecule has 1 atom stereocenters. The number of halogens is 1. The van der Waals surface area contributed by atoms with Gasteiger partial charge in [-0.1, -0.05) is 13.8 Å². The number of nitrogens with zero attached hydrogens (tertiary/aromatic N) is 1. The first-order chi connectivity index (χ1) is 10.5. The van der Waals surface area contributed by atoms with Crippen molar-refractivity contribution < 1.29 is 9.59 Å². The van der Waals surface area contributed by atoms with Crippen LogP contribution in [0, 0.1) is 5.92 Å². The normalized spacial score (nSPS) is 15.5. The van der Waals surface area contributed by atoms with E-state index < -0.39 is 0 Å². The first-order valence-corrected chi connectivity index (χ1v) is 7.92. The Hall–Kier alpha value is -1.59. The highest BCUT2D eigenvalue weighted by atomic mass is 35.5. The standard InChI is InChI=1S/C17H25N3O2.ClH/c1-12(2)10-14(11-18)19-17(22)13-5-7-15(8-6-13)20-9-3-4-16(20)21;/h5-8,12,14H,3-4,9-11,18H2,1-2H3,(H,19,22);1H. The van der Waals surface area contributed by atoms with E-state index in [9.17, 15) is 9.59 Å². The van der Waals surface area contributed by atoms with Crippen LogP contribution in [0.4, 0.5) is 5.69 Å². The lowest BCUT2D eigenvalue weighted by atomic mass is 10.0. The number of hydrogen-bond acceptors (Lipinski definition) is 3. The summed E-state index contributed by atoms with van der Waals surface area (Å²) in [6.07, 6.45) is 2.37. The van der Waals surface area contributed by atoms with Crippen molar-refractivity contribution in [3.8, 4) is 0 Å². The summed E-state index contributed by atoms with van der Waals surface area (Å²) >= 11 is 0. The second-order valence-corrected chi connectivity index (χ2v) is 6.23. The van der Waals surface area contributed by atoms with Gasteiger partial charge in [0.25, 0.3) is 5.91 Å². The average Bonchev–Trinajstić information content (AvgIpc) is 2.92. The van der Waals surface area contributed by atoms with Crippen molar-refractivity contribution in [2.75, 3.05) is 18.0 Å². The molecule has 5 nitrogen and oxygen atoms in total. The fraction of sp³-hybridized carbons (Fsp3) is 0.529. The second-order valence-electron chi connectivity index (χ2n) is 6.23. The molecule has 2 rings (SSSR count). The monoisotopic (exact) mass is 339 g/mol. The van der Waals surface area contributed by atoms with Gasteiger partial charge in [0.15, 0.2) is 0 Å². The summed E-state index contributed by atoms with van der Waals surface area (Å²) in [4.78, 5) is 25.7. The van der Waals surface area contributed by atoms with Crippen molar-refractivity contribution in [3.05, 3.63) is 29.8 Å². The third-order valence-corrected chi connectivity index (χ3v) is 3.89. The molecule has 1 unspecified atom stereocenters. The molecule has 2 amide bonds. The smallest absolute Gasteiger partial charge is 0.251 e. The summed E-state index contributed by atoms with van der Waals surface area (Å²) in [5.41, 5.74) is 7.16. The molecule has 0 spiro atoms. The lowest BCUT2D eigenvalue weighted by Gasteiger charge is -2.19. The topological polar surface area (TPSA) is 75.4 Å². The quantitative estimate of drug-likeness (QED) is 0.835. The molecule has 0 bridgehead atoms. The van der Waals surface area contributed by atoms with Gasteiger partial charge < -0.3 is 16.0 Å². The number of hydrogen-bond donors (Lipinski definition) is 2. The highest BCUT2D eigenvalue weighted by Gasteiger charge is 2.22. The number of carbonyl (C=O) groups is 2. The summed E-state index contributed by atoms with van der Waals surface area (Å²) in [5, 5.41) is 2.97. The number of anilines is 1. The molecular weight excluding hydrogens is 314 g/mol. The molecular formula is C17H26ClN3O2. The Morgan fingerprint density at radius 2 is 1.96 bits per heavy atom. The van der Waals surface area contributed by atoms with E-state index in [-0.39, 0.29) is 30.3 Å². The lowest BCUT2D eigenvalue weighted by Crippen LogP contribution is -2.41. The molecule has 1 heterocycles. The molecule has 0 aliphatic carbocycles. The Balaban J connectivity index is 0.00000264. The van der Waals surface area contributed by atoms with E-state index >= 15 is 0 Å². The maximum atomic E-state index is 12.2. The molecule has 1 aromatic carbocycles. The van der Waals surface area contributed by atoms with E-state index in [0.717, 1.165) is 25.1 Å². The molecule has 0 aromatic heterocycles. The molecule has 1 aliphatic rings. The largest absolute Gasteiger partial charge is 0.348 e. The Labute approximate surface area is 144 Å². The lowest BCUT2D eigenvalue weighted by molar-refractivity contribution is -0.117. The molecule has 1 saturated heterocycles. The minimum absolute atomic E-state index is 0. The van der Waals surface area contributed by atoms with Crippen molar-refractivity contribution in [2.45, 2.75) is 39.2 Å². The van der Waals surface area contributed by atoms with Gasteiger partial charge in [-0.25, -0.2) is 0 Å². The molecule has 1 aromatic rings. The molecule has 3 N–H and O–H groups in total. The number of nitrogens with two attached hydrogens (primary N) is 1. The third kappa shape index (κ3) is 5.22. The van der Waals surface area contributed by atoms with Crippen molar-refractivity contribution in [1.82, 2.24) is 5.32 Å². The zero-order chi connectivity index (χ0) is 16.1. The average molecular weight is 340 g/mol. The van der Waals surface area contributed by atoms with Gasteiger partial charge in [0, 0.05) is 36.8 Å². The van der Waals surface area contributed by atoms with Gasteiger partial charge in [-0.15, -0.1) is 12.4 Å². The first-order valence-electron chi connectivity index (χ1n) is 7.92. The van der Waals surface area contributed by atoms with E-state index in [0.29, 0.717) is 24.4 Å². The highest BCUT2D eigenvalue weighted by Crippen LogP contribution is 2.21. The predicted molar refractivity (Wildman–Crippen MR) is 95.0 cm³/mol. The van der Waals surface area contributed by atoms with Crippen molar-refractivity contribution in [3.63, 3.8) is 0 Å². The number of carbonyl (C=O) groups excluding carboxylic acids is 2. The summed E-state index contributed by atoms with van der Waals surface area (Å²) in [5.74, 6) is 0.519. The van der Waals surface area contributed by atoms with E-state index in [2.05, 4.69) is 19.2 Å². The van der Waals surface area contributed by atoms with Crippen LogP contribution in [0.5, 0.6) is 0 Å². The summed E-state index contributed by atoms with van der Waals surface area (Å²) < 4.78 is 0.